The van der Waals surface area contributed by atoms with Crippen LogP contribution in [0.3, 0.4) is 0 Å². The molecule has 1 aliphatic rings. The molecule has 0 amide bonds. The summed E-state index contributed by atoms with van der Waals surface area (Å²) in [6, 6.07) is 23.8. The number of fused-ring (bicyclic) bond motifs is 2. The van der Waals surface area contributed by atoms with Crippen LogP contribution in [0.25, 0.3) is 16.8 Å². The van der Waals surface area contributed by atoms with Gasteiger partial charge in [-0.15, -0.1) is 0 Å². The predicted molar refractivity (Wildman–Crippen MR) is 184 cm³/mol. The lowest BCUT2D eigenvalue weighted by Crippen LogP contribution is -2.40. The lowest BCUT2D eigenvalue weighted by Gasteiger charge is -2.27. The van der Waals surface area contributed by atoms with Gasteiger partial charge in [0.05, 0.1) is 36.1 Å². The van der Waals surface area contributed by atoms with Crippen molar-refractivity contribution in [3.8, 4) is 17.2 Å². The van der Waals surface area contributed by atoms with Crippen molar-refractivity contribution in [2.24, 2.45) is 4.99 Å². The molecule has 0 N–H and O–H groups in total. The molecule has 47 heavy (non-hydrogen) atoms. The van der Waals surface area contributed by atoms with Crippen molar-refractivity contribution >= 4 is 45.8 Å². The van der Waals surface area contributed by atoms with Gasteiger partial charge in [-0.2, -0.15) is 0 Å². The molecule has 10 heteroatoms. The molecule has 1 aromatic heterocycles. The summed E-state index contributed by atoms with van der Waals surface area (Å²) >= 11 is 7.27. The number of hydrogen-bond acceptors (Lipinski definition) is 8. The number of allylic oxidation sites excluding steroid dienone is 1. The van der Waals surface area contributed by atoms with Gasteiger partial charge in [0.1, 0.15) is 18.4 Å². The Bertz CT molecular complexity index is 2190. The third-order valence-electron chi connectivity index (χ3n) is 7.81. The maximum Gasteiger partial charge on any atom is 0.338 e. The molecule has 0 unspecified atom stereocenters. The van der Waals surface area contributed by atoms with Gasteiger partial charge in [0, 0.05) is 10.6 Å². The molecule has 4 aromatic carbocycles. The Labute approximate surface area is 280 Å². The predicted octanol–water partition coefficient (Wildman–Crippen LogP) is 6.59. The van der Waals surface area contributed by atoms with Crippen molar-refractivity contribution in [2.45, 2.75) is 33.4 Å². The van der Waals surface area contributed by atoms with Crippen LogP contribution in [0.2, 0.25) is 5.02 Å². The first-order chi connectivity index (χ1) is 22.8. The minimum absolute atomic E-state index is 0.182. The van der Waals surface area contributed by atoms with Gasteiger partial charge in [0.15, 0.2) is 16.3 Å². The Hall–Kier alpha value is -4.86. The Balaban J connectivity index is 1.47. The number of nitrogens with zero attached hydrogens (tertiary/aromatic N) is 2. The summed E-state index contributed by atoms with van der Waals surface area (Å²) in [4.78, 5) is 33.0. The minimum Gasteiger partial charge on any atom is -0.496 e. The zero-order chi connectivity index (χ0) is 33.1. The van der Waals surface area contributed by atoms with Gasteiger partial charge >= 0.3 is 5.97 Å². The topological polar surface area (TPSA) is 88.4 Å². The third kappa shape index (κ3) is 6.41. The minimum atomic E-state index is -0.823. The van der Waals surface area contributed by atoms with Crippen molar-refractivity contribution in [3.05, 3.63) is 132 Å². The fraction of sp³-hybridized carbons (Fsp3) is 0.216. The van der Waals surface area contributed by atoms with Gasteiger partial charge in [-0.05, 0) is 79.1 Å². The first-order valence-corrected chi connectivity index (χ1v) is 16.4. The van der Waals surface area contributed by atoms with Crippen LogP contribution in [0.1, 0.15) is 43.5 Å². The molecule has 240 valence electrons. The second kappa shape index (κ2) is 13.9. The average molecular weight is 669 g/mol. The van der Waals surface area contributed by atoms with Gasteiger partial charge < -0.3 is 18.9 Å². The van der Waals surface area contributed by atoms with Crippen molar-refractivity contribution < 1.29 is 23.7 Å². The number of aromatic nitrogens is 1. The molecule has 2 heterocycles. The van der Waals surface area contributed by atoms with E-state index in [1.807, 2.05) is 85.8 Å². The van der Waals surface area contributed by atoms with E-state index >= 15 is 0 Å². The summed E-state index contributed by atoms with van der Waals surface area (Å²) in [6.45, 7) is 6.38. The van der Waals surface area contributed by atoms with Crippen LogP contribution in [-0.4, -0.2) is 30.9 Å². The van der Waals surface area contributed by atoms with E-state index < -0.39 is 12.0 Å². The van der Waals surface area contributed by atoms with E-state index in [0.717, 1.165) is 21.9 Å². The van der Waals surface area contributed by atoms with Gasteiger partial charge in [-0.1, -0.05) is 71.5 Å². The summed E-state index contributed by atoms with van der Waals surface area (Å²) < 4.78 is 25.3. The average Bonchev–Trinajstić information content (AvgIpc) is 3.37. The fourth-order valence-electron chi connectivity index (χ4n) is 5.70. The molecule has 0 spiro atoms. The molecule has 5 aromatic rings. The molecule has 0 saturated carbocycles. The third-order valence-corrected chi connectivity index (χ3v) is 9.05. The van der Waals surface area contributed by atoms with Crippen molar-refractivity contribution in [1.29, 1.82) is 0 Å². The number of esters is 1. The van der Waals surface area contributed by atoms with E-state index in [1.165, 1.54) is 11.3 Å². The SMILES string of the molecule is CCOC(=O)C1=C(C)N=c2s/c(=C\c3ccc(OCc4ccc(Cl)cc4)c(OCC)c3)c(=O)n2[C@@H]1c1c(OC)ccc2ccccc12. The number of benzene rings is 4. The molecule has 0 bridgehead atoms. The lowest BCUT2D eigenvalue weighted by atomic mass is 9.90. The quantitative estimate of drug-likeness (QED) is 0.156. The molecule has 1 atom stereocenters. The van der Waals surface area contributed by atoms with E-state index in [1.54, 1.807) is 31.6 Å². The van der Waals surface area contributed by atoms with Crippen LogP contribution in [0.5, 0.6) is 17.2 Å². The molecule has 0 radical (unpaired) electrons. The molecular formula is C37H33ClN2O6S. The molecule has 0 fully saturated rings. The summed E-state index contributed by atoms with van der Waals surface area (Å²) in [5.41, 5.74) is 2.90. The number of hydrogen-bond donors (Lipinski definition) is 0. The largest absolute Gasteiger partial charge is 0.496 e. The Morgan fingerprint density at radius 1 is 0.957 bits per heavy atom. The smallest absolute Gasteiger partial charge is 0.338 e. The van der Waals surface area contributed by atoms with E-state index in [2.05, 4.69) is 0 Å². The monoisotopic (exact) mass is 668 g/mol. The van der Waals surface area contributed by atoms with E-state index in [-0.39, 0.29) is 12.2 Å². The van der Waals surface area contributed by atoms with E-state index in [9.17, 15) is 9.59 Å². The van der Waals surface area contributed by atoms with Crippen molar-refractivity contribution in [3.63, 3.8) is 0 Å². The fourth-order valence-corrected chi connectivity index (χ4v) is 6.87. The number of carbonyl (C=O) groups is 1. The molecular weight excluding hydrogens is 636 g/mol. The summed E-state index contributed by atoms with van der Waals surface area (Å²) in [6.07, 6.45) is 1.80. The Morgan fingerprint density at radius 3 is 2.47 bits per heavy atom. The Morgan fingerprint density at radius 2 is 1.72 bits per heavy atom. The molecule has 1 aliphatic heterocycles. The standard InChI is InChI=1S/C37H33ClN2O6S/c1-5-44-30-19-24(13-17-28(30)46-21-23-11-15-26(38)16-12-23)20-31-35(41)40-34(32(36(42)45-6-2)22(3)39-37(40)47-31)33-27-10-8-7-9-25(27)14-18-29(33)43-4/h7-20,34H,5-6,21H2,1-4H3/b31-20-/t34-/m0/s1. The van der Waals surface area contributed by atoms with E-state index in [4.69, 9.17) is 35.5 Å². The number of thiazole rings is 1. The van der Waals surface area contributed by atoms with Crippen LogP contribution in [0, 0.1) is 0 Å². The highest BCUT2D eigenvalue weighted by Gasteiger charge is 2.36. The van der Waals surface area contributed by atoms with Crippen LogP contribution < -0.4 is 29.1 Å². The molecule has 6 rings (SSSR count). The second-order valence-corrected chi connectivity index (χ2v) is 12.2. The number of ether oxygens (including phenoxy) is 4. The van der Waals surface area contributed by atoms with Crippen LogP contribution in [0.15, 0.2) is 99.9 Å². The van der Waals surface area contributed by atoms with Gasteiger partial charge in [0.25, 0.3) is 5.56 Å². The summed E-state index contributed by atoms with van der Waals surface area (Å²) in [5.74, 6) is 1.16. The maximum atomic E-state index is 14.3. The number of methoxy groups -OCH3 is 1. The lowest BCUT2D eigenvalue weighted by molar-refractivity contribution is -0.139. The van der Waals surface area contributed by atoms with Crippen molar-refractivity contribution in [1.82, 2.24) is 4.57 Å². The van der Waals surface area contributed by atoms with Crippen LogP contribution in [0.4, 0.5) is 0 Å². The van der Waals surface area contributed by atoms with Crippen LogP contribution in [-0.2, 0) is 16.1 Å². The number of halogens is 1. The first kappa shape index (κ1) is 32.1. The maximum absolute atomic E-state index is 14.3. The highest BCUT2D eigenvalue weighted by Crippen LogP contribution is 2.40. The highest BCUT2D eigenvalue weighted by atomic mass is 35.5. The molecule has 0 aliphatic carbocycles. The molecule has 0 saturated heterocycles. The summed E-state index contributed by atoms with van der Waals surface area (Å²) in [7, 11) is 1.58. The second-order valence-electron chi connectivity index (χ2n) is 10.8. The molecule has 8 nitrogen and oxygen atoms in total. The van der Waals surface area contributed by atoms with Crippen LogP contribution >= 0.6 is 22.9 Å². The van der Waals surface area contributed by atoms with Gasteiger partial charge in [0.2, 0.25) is 0 Å². The van der Waals surface area contributed by atoms with Gasteiger partial charge in [-0.25, -0.2) is 9.79 Å². The van der Waals surface area contributed by atoms with Gasteiger partial charge in [-0.3, -0.25) is 9.36 Å². The number of carbonyl (C=O) groups excluding carboxylic acids is 1. The Kier molecular flexibility index (Phi) is 9.47. The first-order valence-electron chi connectivity index (χ1n) is 15.2. The summed E-state index contributed by atoms with van der Waals surface area (Å²) in [5, 5.41) is 2.47. The normalized spacial score (nSPS) is 14.5. The number of rotatable bonds is 10. The van der Waals surface area contributed by atoms with Crippen molar-refractivity contribution in [2.75, 3.05) is 20.3 Å². The zero-order valence-electron chi connectivity index (χ0n) is 26.4. The zero-order valence-corrected chi connectivity index (χ0v) is 28.0. The van der Waals surface area contributed by atoms with E-state index in [0.29, 0.717) is 61.7 Å². The highest BCUT2D eigenvalue weighted by molar-refractivity contribution is 7.07.